The predicted octanol–water partition coefficient (Wildman–Crippen LogP) is -0.136. The number of hydrogen-bond donors (Lipinski definition) is 6. The molecule has 0 aliphatic heterocycles. The first-order valence-electron chi connectivity index (χ1n) is 8.66. The maximum absolute atomic E-state index is 13.2. The lowest BCUT2D eigenvalue weighted by molar-refractivity contribution is -0.153. The van der Waals surface area contributed by atoms with Crippen LogP contribution in [0.15, 0.2) is 40.3 Å². The molecule has 1 aromatic rings. The standard InChI is InChI=1S/C19H16N2O8/c20-18(27)12-15(24)13(21-29)8-5-7-4-6-2-1-3-9(22)10(6)14(23)11(7)16(25)19(8,28)17(12)26/h1-3,7-8,22-24,28-29H,4-5H2,(H2,20,27)/b21-13-/t7?,8?,19-/m0/s1. The minimum atomic E-state index is -2.90. The van der Waals surface area contributed by atoms with Crippen LogP contribution in [0.4, 0.5) is 0 Å². The molecule has 0 heterocycles. The maximum atomic E-state index is 13.2. The van der Waals surface area contributed by atoms with Gasteiger partial charge in [0, 0.05) is 5.57 Å². The van der Waals surface area contributed by atoms with Crippen LogP contribution in [0.2, 0.25) is 0 Å². The second-order valence-corrected chi connectivity index (χ2v) is 7.26. The molecule has 2 unspecified atom stereocenters. The first kappa shape index (κ1) is 18.7. The van der Waals surface area contributed by atoms with Gasteiger partial charge in [0.05, 0.1) is 11.5 Å². The number of Topliss-reactive ketones (excluding diaryl/α,β-unsaturated/α-hetero) is 2. The van der Waals surface area contributed by atoms with Gasteiger partial charge in [-0.25, -0.2) is 0 Å². The van der Waals surface area contributed by atoms with E-state index in [0.29, 0.717) is 5.56 Å². The van der Waals surface area contributed by atoms with E-state index in [0.717, 1.165) is 0 Å². The average Bonchev–Trinajstić information content (AvgIpc) is 2.65. The summed E-state index contributed by atoms with van der Waals surface area (Å²) in [5.41, 5.74) is 0.787. The van der Waals surface area contributed by atoms with E-state index in [1.165, 1.54) is 6.07 Å². The van der Waals surface area contributed by atoms with Crippen LogP contribution in [0, 0.1) is 11.8 Å². The van der Waals surface area contributed by atoms with E-state index in [1.54, 1.807) is 12.1 Å². The van der Waals surface area contributed by atoms with Crippen molar-refractivity contribution in [3.63, 3.8) is 0 Å². The molecule has 3 aliphatic rings. The van der Waals surface area contributed by atoms with Crippen LogP contribution in [-0.4, -0.2) is 54.4 Å². The second kappa shape index (κ2) is 5.92. The maximum Gasteiger partial charge on any atom is 0.256 e. The molecule has 1 aromatic carbocycles. The van der Waals surface area contributed by atoms with Crippen LogP contribution < -0.4 is 5.73 Å². The number of oxime groups is 1. The molecule has 7 N–H and O–H groups in total. The number of ketones is 2. The third-order valence-corrected chi connectivity index (χ3v) is 5.85. The number of phenols is 1. The highest BCUT2D eigenvalue weighted by Crippen LogP contribution is 2.50. The highest BCUT2D eigenvalue weighted by molar-refractivity contribution is 6.38. The summed E-state index contributed by atoms with van der Waals surface area (Å²) in [5, 5.41) is 54.3. The topological polar surface area (TPSA) is 191 Å². The Morgan fingerprint density at radius 1 is 1.14 bits per heavy atom. The van der Waals surface area contributed by atoms with Gasteiger partial charge in [-0.2, -0.15) is 0 Å². The minimum absolute atomic E-state index is 0.0157. The summed E-state index contributed by atoms with van der Waals surface area (Å²) >= 11 is 0. The highest BCUT2D eigenvalue weighted by Gasteiger charge is 2.64. The van der Waals surface area contributed by atoms with Crippen LogP contribution in [0.5, 0.6) is 5.75 Å². The Hall–Kier alpha value is -3.66. The first-order chi connectivity index (χ1) is 13.6. The summed E-state index contributed by atoms with van der Waals surface area (Å²) in [6.45, 7) is 0. The average molecular weight is 400 g/mol. The van der Waals surface area contributed by atoms with Crippen molar-refractivity contribution in [2.75, 3.05) is 0 Å². The Balaban J connectivity index is 1.97. The molecule has 29 heavy (non-hydrogen) atoms. The van der Waals surface area contributed by atoms with Gasteiger partial charge in [0.15, 0.2) is 11.4 Å². The SMILES string of the molecule is NC(=O)C1=C(O)/C(=N\O)C2CC3Cc4cccc(O)c4C(O)=C3C(=O)[C@]2(O)C1=O. The molecule has 0 aromatic heterocycles. The van der Waals surface area contributed by atoms with Gasteiger partial charge in [-0.1, -0.05) is 17.3 Å². The fourth-order valence-electron chi connectivity index (χ4n) is 4.55. The van der Waals surface area contributed by atoms with Crippen molar-refractivity contribution < 1.29 is 40.0 Å². The van der Waals surface area contributed by atoms with Crippen molar-refractivity contribution in [1.29, 1.82) is 0 Å². The number of primary amides is 1. The lowest BCUT2D eigenvalue weighted by atomic mass is 9.58. The first-order valence-corrected chi connectivity index (χ1v) is 8.66. The van der Waals surface area contributed by atoms with E-state index >= 15 is 0 Å². The van der Waals surface area contributed by atoms with Crippen molar-refractivity contribution >= 4 is 28.9 Å². The molecule has 10 nitrogen and oxygen atoms in total. The summed E-state index contributed by atoms with van der Waals surface area (Å²) in [6, 6.07) is 4.52. The van der Waals surface area contributed by atoms with Crippen LogP contribution >= 0.6 is 0 Å². The number of hydrogen-bond acceptors (Lipinski definition) is 9. The molecule has 1 amide bonds. The van der Waals surface area contributed by atoms with E-state index in [9.17, 15) is 40.0 Å². The number of fused-ring (bicyclic) bond motifs is 3. The van der Waals surface area contributed by atoms with Gasteiger partial charge in [0.2, 0.25) is 11.6 Å². The molecule has 10 heteroatoms. The van der Waals surface area contributed by atoms with E-state index in [4.69, 9.17) is 5.73 Å². The normalized spacial score (nSPS) is 30.2. The quantitative estimate of drug-likeness (QED) is 0.162. The number of aliphatic hydroxyl groups is 3. The molecular weight excluding hydrogens is 384 g/mol. The molecule has 0 bridgehead atoms. The summed E-state index contributed by atoms with van der Waals surface area (Å²) < 4.78 is 0. The molecule has 1 saturated carbocycles. The lowest BCUT2D eigenvalue weighted by Gasteiger charge is -2.45. The van der Waals surface area contributed by atoms with Gasteiger partial charge in [0.1, 0.15) is 22.8 Å². The molecule has 4 rings (SSSR count). The largest absolute Gasteiger partial charge is 0.507 e. The minimum Gasteiger partial charge on any atom is -0.507 e. The number of amides is 1. The number of phenolic OH excluding ortho intramolecular Hbond substituents is 1. The van der Waals surface area contributed by atoms with Gasteiger partial charge in [-0.05, 0) is 30.4 Å². The van der Waals surface area contributed by atoms with E-state index in [2.05, 4.69) is 5.16 Å². The zero-order valence-corrected chi connectivity index (χ0v) is 14.8. The number of nitrogens with two attached hydrogens (primary N) is 1. The molecule has 0 saturated heterocycles. The number of benzene rings is 1. The fourth-order valence-corrected chi connectivity index (χ4v) is 4.55. The molecule has 1 fully saturated rings. The summed E-state index contributed by atoms with van der Waals surface area (Å²) in [5.74, 6) is -8.09. The lowest BCUT2D eigenvalue weighted by Crippen LogP contribution is -2.64. The van der Waals surface area contributed by atoms with Gasteiger partial charge in [-0.15, -0.1) is 0 Å². The Morgan fingerprint density at radius 3 is 2.45 bits per heavy atom. The molecule has 0 spiro atoms. The van der Waals surface area contributed by atoms with Gasteiger partial charge >= 0.3 is 0 Å². The molecular formula is C19H16N2O8. The van der Waals surface area contributed by atoms with Crippen molar-refractivity contribution in [2.24, 2.45) is 22.7 Å². The Morgan fingerprint density at radius 2 is 1.83 bits per heavy atom. The molecule has 150 valence electrons. The predicted molar refractivity (Wildman–Crippen MR) is 96.0 cm³/mol. The molecule has 0 radical (unpaired) electrons. The van der Waals surface area contributed by atoms with Crippen LogP contribution in [0.1, 0.15) is 17.5 Å². The second-order valence-electron chi connectivity index (χ2n) is 7.26. The summed E-state index contributed by atoms with van der Waals surface area (Å²) in [4.78, 5) is 37.7. The number of aromatic hydroxyl groups is 1. The number of carbonyl (C=O) groups excluding carboxylic acids is 3. The molecule has 3 atom stereocenters. The van der Waals surface area contributed by atoms with E-state index in [1.807, 2.05) is 0 Å². The number of rotatable bonds is 1. The summed E-state index contributed by atoms with van der Waals surface area (Å²) in [7, 11) is 0. The van der Waals surface area contributed by atoms with Gasteiger partial charge in [-0.3, -0.25) is 14.4 Å². The van der Waals surface area contributed by atoms with E-state index in [-0.39, 0.29) is 29.7 Å². The van der Waals surface area contributed by atoms with Crippen molar-refractivity contribution in [2.45, 2.75) is 18.4 Å². The zero-order valence-electron chi connectivity index (χ0n) is 14.8. The van der Waals surface area contributed by atoms with Crippen molar-refractivity contribution in [3.05, 3.63) is 46.2 Å². The monoisotopic (exact) mass is 400 g/mol. The third-order valence-electron chi connectivity index (χ3n) is 5.85. The Labute approximate surface area is 162 Å². The highest BCUT2D eigenvalue weighted by atomic mass is 16.4. The number of carbonyl (C=O) groups is 3. The number of aliphatic hydroxyl groups excluding tert-OH is 2. The van der Waals surface area contributed by atoms with Crippen LogP contribution in [0.3, 0.4) is 0 Å². The van der Waals surface area contributed by atoms with Gasteiger partial charge in [0.25, 0.3) is 5.91 Å². The zero-order chi connectivity index (χ0) is 21.2. The molecule has 3 aliphatic carbocycles. The van der Waals surface area contributed by atoms with Crippen LogP contribution in [-0.2, 0) is 20.8 Å². The number of allylic oxidation sites excluding steroid dienone is 1. The smallest absolute Gasteiger partial charge is 0.256 e. The van der Waals surface area contributed by atoms with Crippen LogP contribution in [0.25, 0.3) is 5.76 Å². The fraction of sp³-hybridized carbons (Fsp3) is 0.263. The third kappa shape index (κ3) is 2.20. The Kier molecular flexibility index (Phi) is 3.81. The Bertz CT molecular complexity index is 1100. The van der Waals surface area contributed by atoms with E-state index < -0.39 is 57.7 Å². The number of nitrogens with zero attached hydrogens (tertiary/aromatic N) is 1. The van der Waals surface area contributed by atoms with Gasteiger partial charge < -0.3 is 31.4 Å². The van der Waals surface area contributed by atoms with Crippen molar-refractivity contribution in [3.8, 4) is 5.75 Å². The summed E-state index contributed by atoms with van der Waals surface area (Å²) in [6.07, 6.45) is 0.0272. The van der Waals surface area contributed by atoms with Crippen molar-refractivity contribution in [1.82, 2.24) is 0 Å².